The number of hydrogen-bond acceptors (Lipinski definition) is 8. The summed E-state index contributed by atoms with van der Waals surface area (Å²) in [7, 11) is 3.50. The van der Waals surface area contributed by atoms with Gasteiger partial charge in [-0.25, -0.2) is 9.37 Å². The first-order chi connectivity index (χ1) is 22.2. The lowest BCUT2D eigenvalue weighted by Gasteiger charge is -2.43. The molecule has 2 aromatic heterocycles. The predicted octanol–water partition coefficient (Wildman–Crippen LogP) is 4.23. The highest BCUT2D eigenvalue weighted by atomic mass is 19.1. The Kier molecular flexibility index (Phi) is 7.24. The lowest BCUT2D eigenvalue weighted by atomic mass is 9.74. The first-order valence-electron chi connectivity index (χ1n) is 16.8. The van der Waals surface area contributed by atoms with Gasteiger partial charge in [0, 0.05) is 69.6 Å². The zero-order valence-electron chi connectivity index (χ0n) is 26.9. The molecule has 1 spiro atoms. The van der Waals surface area contributed by atoms with Gasteiger partial charge < -0.3 is 25.0 Å². The maximum atomic E-state index is 14.6. The maximum absolute atomic E-state index is 14.6. The molecule has 46 heavy (non-hydrogen) atoms. The second-order valence-electron chi connectivity index (χ2n) is 14.2. The van der Waals surface area contributed by atoms with Gasteiger partial charge in [0.15, 0.2) is 5.69 Å². The molecule has 5 aliphatic rings. The minimum atomic E-state index is -0.807. The van der Waals surface area contributed by atoms with E-state index in [0.29, 0.717) is 50.7 Å². The number of aryl methyl sites for hydroxylation is 2. The van der Waals surface area contributed by atoms with Gasteiger partial charge in [-0.05, 0) is 74.4 Å². The van der Waals surface area contributed by atoms with Crippen molar-refractivity contribution in [2.45, 2.75) is 88.4 Å². The SMILES string of the molecule is CN(C)C(=O)c1cc2n(n1)CCCN(c1cc(OC[C@@]34CCCN3C[C@H](F)C4)nc3c1COC1(CCCc4ccc(N)cc41)C3)C2. The molecule has 1 amide bonds. The van der Waals surface area contributed by atoms with Crippen LogP contribution in [0.1, 0.15) is 77.1 Å². The molecule has 11 heteroatoms. The molecule has 1 unspecified atom stereocenters. The fraction of sp³-hybridized carbons (Fsp3) is 0.571. The number of pyridine rings is 1. The molecule has 2 saturated heterocycles. The molecule has 1 aliphatic carbocycles. The number of amides is 1. The van der Waals surface area contributed by atoms with Gasteiger partial charge in [-0.2, -0.15) is 5.10 Å². The van der Waals surface area contributed by atoms with E-state index in [1.54, 1.807) is 19.0 Å². The summed E-state index contributed by atoms with van der Waals surface area (Å²) in [5, 5.41) is 4.65. The average Bonchev–Trinajstić information content (AvgIpc) is 3.66. The van der Waals surface area contributed by atoms with Gasteiger partial charge in [0.2, 0.25) is 5.88 Å². The minimum Gasteiger partial charge on any atom is -0.476 e. The number of halogens is 1. The summed E-state index contributed by atoms with van der Waals surface area (Å²) in [5.74, 6) is 0.484. The van der Waals surface area contributed by atoms with Crippen molar-refractivity contribution in [3.63, 3.8) is 0 Å². The van der Waals surface area contributed by atoms with Crippen molar-refractivity contribution in [1.29, 1.82) is 0 Å². The summed E-state index contributed by atoms with van der Waals surface area (Å²) in [6.07, 6.45) is 6.22. The molecule has 0 saturated carbocycles. The van der Waals surface area contributed by atoms with E-state index in [4.69, 9.17) is 20.2 Å². The van der Waals surface area contributed by atoms with Crippen molar-refractivity contribution in [2.75, 3.05) is 51.0 Å². The molecule has 2 fully saturated rings. The first kappa shape index (κ1) is 29.7. The minimum absolute atomic E-state index is 0.0982. The number of alkyl halides is 1. The largest absolute Gasteiger partial charge is 0.476 e. The van der Waals surface area contributed by atoms with Crippen LogP contribution in [0.2, 0.25) is 0 Å². The summed E-state index contributed by atoms with van der Waals surface area (Å²) in [4.78, 5) is 24.1. The van der Waals surface area contributed by atoms with Gasteiger partial charge in [-0.3, -0.25) is 14.4 Å². The third-order valence-corrected chi connectivity index (χ3v) is 11.0. The van der Waals surface area contributed by atoms with E-state index in [-0.39, 0.29) is 11.4 Å². The Labute approximate surface area is 269 Å². The molecule has 3 atom stereocenters. The van der Waals surface area contributed by atoms with Crippen LogP contribution in [0.4, 0.5) is 15.8 Å². The molecule has 8 rings (SSSR count). The van der Waals surface area contributed by atoms with Crippen LogP contribution in [-0.4, -0.2) is 82.5 Å². The van der Waals surface area contributed by atoms with E-state index in [1.807, 2.05) is 16.8 Å². The summed E-state index contributed by atoms with van der Waals surface area (Å²) >= 11 is 0. The molecule has 0 radical (unpaired) electrons. The molecule has 3 aromatic rings. The first-order valence-corrected chi connectivity index (χ1v) is 16.8. The highest BCUT2D eigenvalue weighted by molar-refractivity contribution is 5.92. The van der Waals surface area contributed by atoms with Gasteiger partial charge in [-0.15, -0.1) is 0 Å². The number of aromatic nitrogens is 3. The number of rotatable bonds is 5. The number of nitrogens with zero attached hydrogens (tertiary/aromatic N) is 6. The molecule has 1 aromatic carbocycles. The van der Waals surface area contributed by atoms with Crippen LogP contribution in [0.25, 0.3) is 0 Å². The van der Waals surface area contributed by atoms with Crippen molar-refractivity contribution >= 4 is 17.3 Å². The van der Waals surface area contributed by atoms with Crippen molar-refractivity contribution in [3.05, 3.63) is 64.1 Å². The van der Waals surface area contributed by atoms with Crippen LogP contribution in [0, 0.1) is 0 Å². The standard InChI is InChI=1S/C35H44FN7O3/c1-40(2)33(44)29-15-26-20-41(11-5-13-43(26)39-29)31-16-32(45-22-34-9-4-12-42(34)19-24(36)17-34)38-30-18-35(46-21-27(30)31)10-3-6-23-7-8-25(37)14-28(23)35/h7-8,14-16,24H,3-6,9-13,17-22,37H2,1-2H3/t24-,34+,35?/m1/s1. The molecule has 244 valence electrons. The molecule has 10 nitrogen and oxygen atoms in total. The van der Waals surface area contributed by atoms with Crippen LogP contribution in [0.15, 0.2) is 30.3 Å². The van der Waals surface area contributed by atoms with Crippen LogP contribution < -0.4 is 15.4 Å². The van der Waals surface area contributed by atoms with Crippen molar-refractivity contribution in [1.82, 2.24) is 24.6 Å². The van der Waals surface area contributed by atoms with Crippen LogP contribution >= 0.6 is 0 Å². The Bertz CT molecular complexity index is 1680. The highest BCUT2D eigenvalue weighted by Gasteiger charge is 2.49. The van der Waals surface area contributed by atoms with Gasteiger partial charge in [-0.1, -0.05) is 6.07 Å². The summed E-state index contributed by atoms with van der Waals surface area (Å²) in [5.41, 5.74) is 13.4. The van der Waals surface area contributed by atoms with Crippen LogP contribution in [-0.2, 0) is 42.9 Å². The second-order valence-corrected chi connectivity index (χ2v) is 14.2. The van der Waals surface area contributed by atoms with Crippen LogP contribution in [0.5, 0.6) is 5.88 Å². The zero-order valence-corrected chi connectivity index (χ0v) is 26.9. The third kappa shape index (κ3) is 5.02. The van der Waals surface area contributed by atoms with Gasteiger partial charge in [0.05, 0.1) is 35.7 Å². The van der Waals surface area contributed by atoms with Gasteiger partial charge >= 0.3 is 0 Å². The van der Waals surface area contributed by atoms with E-state index in [0.717, 1.165) is 86.5 Å². The van der Waals surface area contributed by atoms with E-state index in [2.05, 4.69) is 33.1 Å². The number of carbonyl (C=O) groups is 1. The molecule has 2 N–H and O–H groups in total. The predicted molar refractivity (Wildman–Crippen MR) is 173 cm³/mol. The average molecular weight is 630 g/mol. The number of hydrogen-bond donors (Lipinski definition) is 1. The van der Waals surface area contributed by atoms with Crippen molar-refractivity contribution < 1.29 is 18.7 Å². The van der Waals surface area contributed by atoms with E-state index in [9.17, 15) is 9.18 Å². The molecular formula is C35H44FN7O3. The quantitative estimate of drug-likeness (QED) is 0.419. The van der Waals surface area contributed by atoms with Crippen molar-refractivity contribution in [3.8, 4) is 5.88 Å². The van der Waals surface area contributed by atoms with Crippen LogP contribution in [0.3, 0.4) is 0 Å². The molecule has 0 bridgehead atoms. The summed E-state index contributed by atoms with van der Waals surface area (Å²) in [6, 6.07) is 10.2. The third-order valence-electron chi connectivity index (χ3n) is 11.0. The monoisotopic (exact) mass is 629 g/mol. The topological polar surface area (TPSA) is 102 Å². The lowest BCUT2D eigenvalue weighted by Crippen LogP contribution is -2.43. The van der Waals surface area contributed by atoms with Crippen molar-refractivity contribution in [2.24, 2.45) is 0 Å². The Hall–Kier alpha value is -3.70. The Morgan fingerprint density at radius 3 is 2.91 bits per heavy atom. The Morgan fingerprint density at radius 1 is 1.15 bits per heavy atom. The Balaban J connectivity index is 1.16. The lowest BCUT2D eigenvalue weighted by molar-refractivity contribution is -0.0853. The number of nitrogen functional groups attached to an aromatic ring is 1. The molecular weight excluding hydrogens is 585 g/mol. The number of benzene rings is 1. The summed E-state index contributed by atoms with van der Waals surface area (Å²) in [6.45, 7) is 4.46. The number of nitrogens with two attached hydrogens (primary N) is 1. The maximum Gasteiger partial charge on any atom is 0.273 e. The Morgan fingerprint density at radius 2 is 2.04 bits per heavy atom. The summed E-state index contributed by atoms with van der Waals surface area (Å²) < 4.78 is 30.0. The van der Waals surface area contributed by atoms with Gasteiger partial charge in [0.25, 0.3) is 5.91 Å². The zero-order chi connectivity index (χ0) is 31.6. The molecule has 4 aliphatic heterocycles. The van der Waals surface area contributed by atoms with E-state index < -0.39 is 11.8 Å². The van der Waals surface area contributed by atoms with E-state index >= 15 is 0 Å². The fourth-order valence-electron chi connectivity index (χ4n) is 8.70. The second kappa shape index (κ2) is 11.2. The van der Waals surface area contributed by atoms with Gasteiger partial charge in [0.1, 0.15) is 12.8 Å². The number of fused-ring (bicyclic) bond motifs is 5. The smallest absolute Gasteiger partial charge is 0.273 e. The highest BCUT2D eigenvalue weighted by Crippen LogP contribution is 2.47. The fourth-order valence-corrected chi connectivity index (χ4v) is 8.70. The van der Waals surface area contributed by atoms with E-state index in [1.165, 1.54) is 11.1 Å². The number of anilines is 2. The normalized spacial score (nSPS) is 27.1. The number of ether oxygens (including phenoxy) is 2. The molecule has 6 heterocycles. The number of carbonyl (C=O) groups excluding carboxylic acids is 1.